The summed E-state index contributed by atoms with van der Waals surface area (Å²) in [6.07, 6.45) is 2.53. The van der Waals surface area contributed by atoms with Gasteiger partial charge in [-0.1, -0.05) is 0 Å². The van der Waals surface area contributed by atoms with Crippen molar-refractivity contribution < 1.29 is 0 Å². The van der Waals surface area contributed by atoms with Gasteiger partial charge >= 0.3 is 0 Å². The average molecular weight is 187 g/mol. The molecule has 0 bridgehead atoms. The van der Waals surface area contributed by atoms with Crippen molar-refractivity contribution in [1.29, 1.82) is 0 Å². The Kier molecular flexibility index (Phi) is 9.97. The van der Waals surface area contributed by atoms with Crippen LogP contribution in [0.2, 0.25) is 0 Å². The molecule has 1 saturated heterocycles. The van der Waals surface area contributed by atoms with Crippen molar-refractivity contribution in [2.45, 2.75) is 12.8 Å². The lowest BCUT2D eigenvalue weighted by atomic mass is 10.1. The normalized spacial score (nSPS) is 23.1. The summed E-state index contributed by atoms with van der Waals surface area (Å²) in [6.45, 7) is 3.24. The van der Waals surface area contributed by atoms with Gasteiger partial charge in [-0.05, 0) is 38.4 Å². The maximum Gasteiger partial charge on any atom is -0.00196 e. The van der Waals surface area contributed by atoms with E-state index in [9.17, 15) is 0 Å². The largest absolute Gasteiger partial charge is 0.330 e. The minimum atomic E-state index is 0. The summed E-state index contributed by atoms with van der Waals surface area (Å²) in [7, 11) is 0. The van der Waals surface area contributed by atoms with Crippen LogP contribution in [0.25, 0.3) is 0 Å². The van der Waals surface area contributed by atoms with Gasteiger partial charge in [0.2, 0.25) is 0 Å². The van der Waals surface area contributed by atoms with Crippen LogP contribution < -0.4 is 11.1 Å². The van der Waals surface area contributed by atoms with E-state index in [2.05, 4.69) is 5.32 Å². The third-order valence-electron chi connectivity index (χ3n) is 1.74. The fraction of sp³-hybridized carbons (Fsp3) is 1.00. The summed E-state index contributed by atoms with van der Waals surface area (Å²) in [5.74, 6) is 0.875. The van der Waals surface area contributed by atoms with E-state index in [1.807, 2.05) is 0 Å². The Bertz CT molecular complexity index is 64.8. The number of hydrogen-bond acceptors (Lipinski definition) is 2. The highest BCUT2D eigenvalue weighted by Gasteiger charge is 2.11. The fourth-order valence-corrected chi connectivity index (χ4v) is 1.20. The predicted molar refractivity (Wildman–Crippen MR) is 49.1 cm³/mol. The van der Waals surface area contributed by atoms with Crippen LogP contribution in [-0.2, 0) is 0 Å². The first-order chi connectivity index (χ1) is 3.93. The summed E-state index contributed by atoms with van der Waals surface area (Å²) in [5.41, 5.74) is 5.38. The van der Waals surface area contributed by atoms with Gasteiger partial charge in [-0.15, -0.1) is 24.8 Å². The molecule has 1 aliphatic heterocycles. The lowest BCUT2D eigenvalue weighted by molar-refractivity contribution is 0.541. The molecule has 1 rings (SSSR count). The maximum absolute atomic E-state index is 5.38. The first kappa shape index (κ1) is 13.1. The number of rotatable bonds is 2. The van der Waals surface area contributed by atoms with Gasteiger partial charge in [0.25, 0.3) is 0 Å². The Hall–Kier alpha value is 0.500. The smallest absolute Gasteiger partial charge is 0.00196 e. The molecule has 0 aromatic heterocycles. The zero-order valence-electron chi connectivity index (χ0n) is 6.01. The third-order valence-corrected chi connectivity index (χ3v) is 1.74. The van der Waals surface area contributed by atoms with Crippen molar-refractivity contribution in [2.75, 3.05) is 19.6 Å². The number of nitrogens with two attached hydrogens (primary N) is 1. The van der Waals surface area contributed by atoms with Crippen LogP contribution >= 0.6 is 24.8 Å². The van der Waals surface area contributed by atoms with Crippen molar-refractivity contribution >= 4 is 24.8 Å². The quantitative estimate of drug-likeness (QED) is 0.670. The van der Waals surface area contributed by atoms with E-state index in [1.165, 1.54) is 25.9 Å². The van der Waals surface area contributed by atoms with Crippen molar-refractivity contribution in [3.8, 4) is 0 Å². The lowest BCUT2D eigenvalue weighted by Gasteiger charge is -2.02. The molecule has 0 amide bonds. The highest BCUT2D eigenvalue weighted by Crippen LogP contribution is 2.09. The summed E-state index contributed by atoms with van der Waals surface area (Å²) in [4.78, 5) is 0. The highest BCUT2D eigenvalue weighted by atomic mass is 35.5. The van der Waals surface area contributed by atoms with Crippen LogP contribution in [0.15, 0.2) is 0 Å². The van der Waals surface area contributed by atoms with Crippen LogP contribution in [0, 0.1) is 5.92 Å². The predicted octanol–water partition coefficient (Wildman–Crippen LogP) is 0.788. The zero-order chi connectivity index (χ0) is 5.82. The Morgan fingerprint density at radius 1 is 1.40 bits per heavy atom. The minimum absolute atomic E-state index is 0. The van der Waals surface area contributed by atoms with Crippen molar-refractivity contribution in [2.24, 2.45) is 11.7 Å². The molecule has 2 nitrogen and oxygen atoms in total. The van der Waals surface area contributed by atoms with Crippen LogP contribution in [0.3, 0.4) is 0 Å². The van der Waals surface area contributed by atoms with Crippen molar-refractivity contribution in [3.05, 3.63) is 0 Å². The third kappa shape index (κ3) is 4.34. The minimum Gasteiger partial charge on any atom is -0.330 e. The van der Waals surface area contributed by atoms with E-state index in [1.54, 1.807) is 0 Å². The summed E-state index contributed by atoms with van der Waals surface area (Å²) < 4.78 is 0. The molecular formula is C6H16Cl2N2. The van der Waals surface area contributed by atoms with Gasteiger partial charge in [0, 0.05) is 0 Å². The average Bonchev–Trinajstić information content (AvgIpc) is 2.19. The molecule has 0 aromatic rings. The molecule has 0 radical (unpaired) electrons. The molecule has 1 atom stereocenters. The second-order valence-electron chi connectivity index (χ2n) is 2.44. The van der Waals surface area contributed by atoms with Gasteiger partial charge < -0.3 is 11.1 Å². The topological polar surface area (TPSA) is 38.0 Å². The van der Waals surface area contributed by atoms with Gasteiger partial charge in [0.05, 0.1) is 0 Å². The van der Waals surface area contributed by atoms with Gasteiger partial charge in [-0.25, -0.2) is 0 Å². The molecule has 0 aromatic carbocycles. The Balaban J connectivity index is 0. The highest BCUT2D eigenvalue weighted by molar-refractivity contribution is 5.85. The Morgan fingerprint density at radius 2 is 2.10 bits per heavy atom. The molecule has 10 heavy (non-hydrogen) atoms. The summed E-state index contributed by atoms with van der Waals surface area (Å²) in [6, 6.07) is 0. The second-order valence-corrected chi connectivity index (χ2v) is 2.44. The molecule has 64 valence electrons. The summed E-state index contributed by atoms with van der Waals surface area (Å²) in [5, 5.41) is 3.30. The van der Waals surface area contributed by atoms with E-state index in [-0.39, 0.29) is 24.8 Å². The lowest BCUT2D eigenvalue weighted by Crippen LogP contribution is -2.12. The van der Waals surface area contributed by atoms with Crippen LogP contribution in [0.1, 0.15) is 12.8 Å². The van der Waals surface area contributed by atoms with E-state index < -0.39 is 0 Å². The number of nitrogens with one attached hydrogen (secondary N) is 1. The maximum atomic E-state index is 5.38. The van der Waals surface area contributed by atoms with Crippen LogP contribution in [0.4, 0.5) is 0 Å². The van der Waals surface area contributed by atoms with Gasteiger partial charge in [-0.2, -0.15) is 0 Å². The zero-order valence-corrected chi connectivity index (χ0v) is 7.64. The van der Waals surface area contributed by atoms with Crippen LogP contribution in [0.5, 0.6) is 0 Å². The van der Waals surface area contributed by atoms with E-state index in [0.29, 0.717) is 0 Å². The van der Waals surface area contributed by atoms with E-state index >= 15 is 0 Å². The number of hydrogen-bond donors (Lipinski definition) is 2. The standard InChI is InChI=1S/C6H14N2.2ClH/c7-3-1-6-2-4-8-5-6;;/h6,8H,1-5,7H2;2*1H/t6-;;/m1../s1. The molecule has 1 fully saturated rings. The number of halogens is 2. The molecule has 1 aliphatic rings. The molecular weight excluding hydrogens is 171 g/mol. The molecule has 1 heterocycles. The van der Waals surface area contributed by atoms with E-state index in [4.69, 9.17) is 5.73 Å². The van der Waals surface area contributed by atoms with Gasteiger partial charge in [0.15, 0.2) is 0 Å². The van der Waals surface area contributed by atoms with Crippen molar-refractivity contribution in [1.82, 2.24) is 5.32 Å². The fourth-order valence-electron chi connectivity index (χ4n) is 1.20. The Labute approximate surface area is 74.8 Å². The summed E-state index contributed by atoms with van der Waals surface area (Å²) >= 11 is 0. The Morgan fingerprint density at radius 3 is 2.50 bits per heavy atom. The second kappa shape index (κ2) is 7.61. The van der Waals surface area contributed by atoms with Crippen LogP contribution in [-0.4, -0.2) is 19.6 Å². The molecule has 0 spiro atoms. The molecule has 0 aliphatic carbocycles. The van der Waals surface area contributed by atoms with Crippen molar-refractivity contribution in [3.63, 3.8) is 0 Å². The van der Waals surface area contributed by atoms with Gasteiger partial charge in [0.1, 0.15) is 0 Å². The van der Waals surface area contributed by atoms with Gasteiger partial charge in [-0.3, -0.25) is 0 Å². The SMILES string of the molecule is Cl.Cl.NCC[C@@H]1CCNC1. The van der Waals surface area contributed by atoms with E-state index in [0.717, 1.165) is 12.5 Å². The monoisotopic (exact) mass is 186 g/mol. The molecule has 0 unspecified atom stereocenters. The first-order valence-electron chi connectivity index (χ1n) is 3.34. The first-order valence-corrected chi connectivity index (χ1v) is 3.34. The molecule has 4 heteroatoms. The molecule has 0 saturated carbocycles. The molecule has 3 N–H and O–H groups in total.